The van der Waals surface area contributed by atoms with Crippen molar-refractivity contribution in [2.75, 3.05) is 26.2 Å². The normalized spacial score (nSPS) is 23.4. The Labute approximate surface area is 229 Å². The molecule has 0 spiro atoms. The van der Waals surface area contributed by atoms with Gasteiger partial charge in [0, 0.05) is 24.3 Å². The van der Waals surface area contributed by atoms with Crippen LogP contribution < -0.4 is 22.3 Å². The summed E-state index contributed by atoms with van der Waals surface area (Å²) in [5.74, 6) is -0.121. The molecule has 3 fully saturated rings. The number of hydrogen-bond acceptors (Lipinski definition) is 5. The monoisotopic (exact) mass is 572 g/mol. The van der Waals surface area contributed by atoms with E-state index in [1.165, 1.54) is 0 Å². The van der Waals surface area contributed by atoms with Gasteiger partial charge in [-0.25, -0.2) is 9.59 Å². The van der Waals surface area contributed by atoms with E-state index in [2.05, 4.69) is 5.32 Å². The predicted molar refractivity (Wildman–Crippen MR) is 136 cm³/mol. The van der Waals surface area contributed by atoms with Crippen LogP contribution in [0.1, 0.15) is 61.1 Å². The molecule has 0 aromatic heterocycles. The summed E-state index contributed by atoms with van der Waals surface area (Å²) in [6.07, 6.45) is 0.857. The van der Waals surface area contributed by atoms with Crippen molar-refractivity contribution in [1.29, 1.82) is 0 Å². The van der Waals surface area contributed by atoms with E-state index in [-0.39, 0.29) is 34.8 Å². The molecule has 200 valence electrons. The third kappa shape index (κ3) is 7.42. The van der Waals surface area contributed by atoms with Gasteiger partial charge in [0.2, 0.25) is 5.78 Å². The molecule has 1 unspecified atom stereocenters. The summed E-state index contributed by atoms with van der Waals surface area (Å²) >= 11 is 0. The predicted octanol–water partition coefficient (Wildman–Crippen LogP) is 1.60. The van der Waals surface area contributed by atoms with E-state index in [0.29, 0.717) is 23.1 Å². The minimum atomic E-state index is -0.973. The Morgan fingerprint density at radius 2 is 1.62 bits per heavy atom. The van der Waals surface area contributed by atoms with Gasteiger partial charge in [0.25, 0.3) is 0 Å². The average Bonchev–Trinajstić information content (AvgIpc) is 2.83. The van der Waals surface area contributed by atoms with Crippen LogP contribution in [-0.2, 0) is 14.3 Å². The second-order valence-electron chi connectivity index (χ2n) is 11.2. The molecule has 2 aromatic rings. The number of alkyl carbamates (subject to hydrolysis) is 1. The Kier molecular flexibility index (Phi) is 9.18. The number of Topliss-reactive ketones (excluding diaryl/α,β-unsaturated/α-hetero) is 1. The zero-order valence-electron chi connectivity index (χ0n) is 22.0. The van der Waals surface area contributed by atoms with Gasteiger partial charge in [0.05, 0.1) is 13.1 Å². The molecule has 2 aromatic carbocycles. The largest absolute Gasteiger partial charge is 1.00 e. The highest BCUT2D eigenvalue weighted by Gasteiger charge is 2.49. The maximum atomic E-state index is 13.4. The summed E-state index contributed by atoms with van der Waals surface area (Å²) in [5, 5.41) is 2.70. The van der Waals surface area contributed by atoms with Crippen LogP contribution in [0.4, 0.5) is 4.79 Å². The fourth-order valence-electron chi connectivity index (χ4n) is 5.28. The van der Waals surface area contributed by atoms with E-state index in [4.69, 9.17) is 9.47 Å². The van der Waals surface area contributed by atoms with Crippen LogP contribution in [0.3, 0.4) is 0 Å². The van der Waals surface area contributed by atoms with Gasteiger partial charge in [-0.1, -0.05) is 60.2 Å². The zero-order valence-corrected chi connectivity index (χ0v) is 23.6. The average molecular weight is 574 g/mol. The minimum absolute atomic E-state index is 0. The zero-order chi connectivity index (χ0) is 25.9. The standard InChI is InChI=1S/C29H36N2O5.BrH/c1-20-10-12-21(13-11-20)24(32)18-31-16-14-22(15-17-31)25(19-31)35-27(33)26(23-8-6-5-7-9-23)30-28(34)36-29(2,3)4;/h5-13,22,25-26H,14-19H2,1-4H3;1H/t22?,25-,26?,31?;/m0./s1. The molecule has 3 saturated heterocycles. The van der Waals surface area contributed by atoms with E-state index in [0.717, 1.165) is 37.1 Å². The molecule has 0 aliphatic carbocycles. The Bertz CT molecular complexity index is 1090. The number of piperidine rings is 3. The summed E-state index contributed by atoms with van der Waals surface area (Å²) < 4.78 is 12.1. The number of hydrogen-bond donors (Lipinski definition) is 1. The highest BCUT2D eigenvalue weighted by molar-refractivity contribution is 5.97. The number of ketones is 1. The fraction of sp³-hybridized carbons (Fsp3) is 0.483. The van der Waals surface area contributed by atoms with Gasteiger partial charge in [-0.2, -0.15) is 0 Å². The Morgan fingerprint density at radius 3 is 2.22 bits per heavy atom. The second-order valence-corrected chi connectivity index (χ2v) is 11.2. The van der Waals surface area contributed by atoms with Crippen LogP contribution in [0, 0.1) is 12.8 Å². The maximum absolute atomic E-state index is 13.4. The van der Waals surface area contributed by atoms with Crippen LogP contribution >= 0.6 is 0 Å². The second kappa shape index (κ2) is 11.8. The van der Waals surface area contributed by atoms with Crippen LogP contribution in [0.15, 0.2) is 54.6 Å². The smallest absolute Gasteiger partial charge is 0.408 e. The van der Waals surface area contributed by atoms with Gasteiger partial charge >= 0.3 is 12.1 Å². The molecule has 37 heavy (non-hydrogen) atoms. The van der Waals surface area contributed by atoms with Crippen LogP contribution in [-0.4, -0.2) is 60.2 Å². The highest BCUT2D eigenvalue weighted by atomic mass is 79.9. The quantitative estimate of drug-likeness (QED) is 0.309. The van der Waals surface area contributed by atoms with Gasteiger partial charge in [0.1, 0.15) is 18.7 Å². The molecule has 3 aliphatic rings. The molecule has 0 saturated carbocycles. The highest BCUT2D eigenvalue weighted by Crippen LogP contribution is 2.36. The number of halogens is 1. The summed E-state index contributed by atoms with van der Waals surface area (Å²) in [5.41, 5.74) is 1.79. The number of esters is 1. The number of nitrogens with one attached hydrogen (secondary N) is 1. The number of aryl methyl sites for hydroxylation is 1. The van der Waals surface area contributed by atoms with Gasteiger partial charge in [-0.3, -0.25) is 4.79 Å². The molecule has 2 bridgehead atoms. The molecule has 5 rings (SSSR count). The lowest BCUT2D eigenvalue weighted by Crippen LogP contribution is -3.00. The van der Waals surface area contributed by atoms with Crippen molar-refractivity contribution in [3.63, 3.8) is 0 Å². The number of ether oxygens (including phenoxy) is 2. The molecule has 3 aliphatic heterocycles. The number of quaternary nitrogens is 1. The van der Waals surface area contributed by atoms with E-state index in [1.807, 2.05) is 49.4 Å². The number of rotatable bonds is 7. The SMILES string of the molecule is Cc1ccc(C(=O)C[N+]23CCC(CC2)[C@@H](OC(=O)C(NC(=O)OC(C)(C)C)c2ccccc2)C3)cc1.[Br-]. The molecule has 7 nitrogen and oxygen atoms in total. The molecule has 3 heterocycles. The van der Waals surface area contributed by atoms with Crippen molar-refractivity contribution < 1.29 is 45.3 Å². The van der Waals surface area contributed by atoms with E-state index < -0.39 is 23.7 Å². The van der Waals surface area contributed by atoms with Gasteiger partial charge in [0.15, 0.2) is 12.1 Å². The van der Waals surface area contributed by atoms with Crippen molar-refractivity contribution in [3.8, 4) is 0 Å². The van der Waals surface area contributed by atoms with Gasteiger partial charge in [-0.15, -0.1) is 0 Å². The molecule has 2 atom stereocenters. The summed E-state index contributed by atoms with van der Waals surface area (Å²) in [7, 11) is 0. The Balaban J connectivity index is 0.00000380. The molecule has 0 radical (unpaired) electrons. The number of fused-ring (bicyclic) bond motifs is 3. The summed E-state index contributed by atoms with van der Waals surface area (Å²) in [4.78, 5) is 39.0. The lowest BCUT2D eigenvalue weighted by atomic mass is 9.82. The first kappa shape index (κ1) is 28.9. The van der Waals surface area contributed by atoms with E-state index in [1.54, 1.807) is 32.9 Å². The summed E-state index contributed by atoms with van der Waals surface area (Å²) in [6, 6.07) is 15.8. The molecular formula is C29H37BrN2O5. The Morgan fingerprint density at radius 1 is 1.00 bits per heavy atom. The third-order valence-corrected chi connectivity index (χ3v) is 7.19. The van der Waals surface area contributed by atoms with Crippen molar-refractivity contribution in [3.05, 3.63) is 71.3 Å². The number of nitrogens with zero attached hydrogens (tertiary/aromatic N) is 1. The number of carbonyl (C=O) groups excluding carboxylic acids is 3. The first-order chi connectivity index (χ1) is 17.0. The van der Waals surface area contributed by atoms with Gasteiger partial charge < -0.3 is 36.3 Å². The van der Waals surface area contributed by atoms with Crippen LogP contribution in [0.5, 0.6) is 0 Å². The molecular weight excluding hydrogens is 536 g/mol. The minimum Gasteiger partial charge on any atom is -1.00 e. The summed E-state index contributed by atoms with van der Waals surface area (Å²) in [6.45, 7) is 10.2. The number of benzene rings is 2. The lowest BCUT2D eigenvalue weighted by Gasteiger charge is -2.51. The molecule has 1 N–H and O–H groups in total. The van der Waals surface area contributed by atoms with E-state index >= 15 is 0 Å². The van der Waals surface area contributed by atoms with Crippen molar-refractivity contribution in [2.45, 2.75) is 58.3 Å². The maximum Gasteiger partial charge on any atom is 0.408 e. The lowest BCUT2D eigenvalue weighted by molar-refractivity contribution is -0.938. The molecule has 8 heteroatoms. The van der Waals surface area contributed by atoms with Crippen molar-refractivity contribution in [2.24, 2.45) is 5.92 Å². The first-order valence-electron chi connectivity index (χ1n) is 12.7. The van der Waals surface area contributed by atoms with E-state index in [9.17, 15) is 14.4 Å². The van der Waals surface area contributed by atoms with Crippen molar-refractivity contribution in [1.82, 2.24) is 5.32 Å². The van der Waals surface area contributed by atoms with Crippen LogP contribution in [0.25, 0.3) is 0 Å². The van der Waals surface area contributed by atoms with Gasteiger partial charge in [-0.05, 0) is 33.3 Å². The van der Waals surface area contributed by atoms with Crippen molar-refractivity contribution >= 4 is 17.8 Å². The topological polar surface area (TPSA) is 81.7 Å². The van der Waals surface area contributed by atoms with Crippen LogP contribution in [0.2, 0.25) is 0 Å². The first-order valence-corrected chi connectivity index (χ1v) is 12.7. The number of carbonyl (C=O) groups is 3. The molecule has 1 amide bonds. The fourth-order valence-corrected chi connectivity index (χ4v) is 5.28. The Hall–Kier alpha value is -2.71. The number of amides is 1. The third-order valence-electron chi connectivity index (χ3n) is 7.19.